The van der Waals surface area contributed by atoms with E-state index in [2.05, 4.69) is 4.98 Å². The van der Waals surface area contributed by atoms with Crippen LogP contribution < -0.4 is 5.73 Å². The van der Waals surface area contributed by atoms with Gasteiger partial charge in [-0.2, -0.15) is 0 Å². The van der Waals surface area contributed by atoms with Crippen LogP contribution in [-0.2, 0) is 0 Å². The lowest BCUT2D eigenvalue weighted by Crippen LogP contribution is -2.13. The summed E-state index contributed by atoms with van der Waals surface area (Å²) in [5.74, 6) is -0.0373. The van der Waals surface area contributed by atoms with Gasteiger partial charge < -0.3 is 5.73 Å². The summed E-state index contributed by atoms with van der Waals surface area (Å²) in [7, 11) is 0. The Kier molecular flexibility index (Phi) is 2.10. The van der Waals surface area contributed by atoms with Crippen LogP contribution in [0, 0.1) is 12.3 Å². The van der Waals surface area contributed by atoms with Crippen LogP contribution in [0.25, 0.3) is 0 Å². The largest absolute Gasteiger partial charge is 0.382 e. The first-order valence-corrected chi connectivity index (χ1v) is 3.45. The first-order chi connectivity index (χ1) is 5.11. The minimum Gasteiger partial charge on any atom is -0.382 e. The zero-order valence-electron chi connectivity index (χ0n) is 6.06. The van der Waals surface area contributed by atoms with Crippen molar-refractivity contribution >= 4 is 17.4 Å². The number of aromatic nitrogens is 1. The van der Waals surface area contributed by atoms with Crippen LogP contribution in [0.3, 0.4) is 0 Å². The summed E-state index contributed by atoms with van der Waals surface area (Å²) in [5, 5.41) is 7.67. The number of rotatable bonds is 1. The molecule has 0 unspecified atom stereocenters. The quantitative estimate of drug-likeness (QED) is 0.492. The number of pyridine rings is 1. The van der Waals surface area contributed by atoms with Crippen molar-refractivity contribution in [1.82, 2.24) is 4.98 Å². The van der Waals surface area contributed by atoms with Crippen molar-refractivity contribution in [3.63, 3.8) is 0 Å². The monoisotopic (exact) mass is 169 g/mol. The van der Waals surface area contributed by atoms with Crippen molar-refractivity contribution in [1.29, 1.82) is 5.41 Å². The molecule has 3 N–H and O–H groups in total. The molecule has 0 saturated carbocycles. The number of nitrogen functional groups attached to an aromatic ring is 1. The lowest BCUT2D eigenvalue weighted by Gasteiger charge is -1.99. The van der Waals surface area contributed by atoms with E-state index in [4.69, 9.17) is 22.7 Å². The Morgan fingerprint density at radius 2 is 2.36 bits per heavy atom. The summed E-state index contributed by atoms with van der Waals surface area (Å²) in [6.07, 6.45) is 1.49. The smallest absolute Gasteiger partial charge is 0.141 e. The molecule has 0 spiro atoms. The van der Waals surface area contributed by atoms with Crippen molar-refractivity contribution < 1.29 is 0 Å². The normalized spacial score (nSPS) is 9.64. The molecule has 0 aliphatic carbocycles. The second kappa shape index (κ2) is 2.88. The molecule has 11 heavy (non-hydrogen) atoms. The van der Waals surface area contributed by atoms with Gasteiger partial charge in [-0.05, 0) is 18.6 Å². The maximum Gasteiger partial charge on any atom is 0.141 e. The number of aryl methyl sites for hydroxylation is 1. The lowest BCUT2D eigenvalue weighted by molar-refractivity contribution is 1.23. The average molecular weight is 170 g/mol. The van der Waals surface area contributed by atoms with E-state index in [1.807, 2.05) is 6.92 Å². The highest BCUT2D eigenvalue weighted by Gasteiger charge is 2.00. The number of hydrogen-bond acceptors (Lipinski definition) is 2. The fourth-order valence-corrected chi connectivity index (χ4v) is 0.790. The van der Waals surface area contributed by atoms with Crippen molar-refractivity contribution in [2.45, 2.75) is 6.92 Å². The molecule has 4 heteroatoms. The number of hydrogen-bond donors (Lipinski definition) is 2. The van der Waals surface area contributed by atoms with Crippen LogP contribution >= 0.6 is 11.6 Å². The molecule has 3 nitrogen and oxygen atoms in total. The van der Waals surface area contributed by atoms with Crippen LogP contribution in [0.2, 0.25) is 5.02 Å². The van der Waals surface area contributed by atoms with E-state index in [1.54, 1.807) is 6.07 Å². The minimum atomic E-state index is -0.0373. The van der Waals surface area contributed by atoms with Gasteiger partial charge in [0.1, 0.15) is 11.5 Å². The summed E-state index contributed by atoms with van der Waals surface area (Å²) < 4.78 is 0. The Bertz CT molecular complexity index is 296. The van der Waals surface area contributed by atoms with Crippen molar-refractivity contribution in [2.24, 2.45) is 5.73 Å². The first kappa shape index (κ1) is 8.01. The van der Waals surface area contributed by atoms with Gasteiger partial charge in [-0.25, -0.2) is 0 Å². The molecule has 0 atom stereocenters. The Hall–Kier alpha value is -1.09. The Balaban J connectivity index is 3.15. The van der Waals surface area contributed by atoms with E-state index >= 15 is 0 Å². The lowest BCUT2D eigenvalue weighted by atomic mass is 10.2. The Morgan fingerprint density at radius 3 is 2.82 bits per heavy atom. The summed E-state index contributed by atoms with van der Waals surface area (Å²) in [6, 6.07) is 1.69. The molecule has 1 aromatic heterocycles. The molecule has 58 valence electrons. The number of amidine groups is 1. The molecular weight excluding hydrogens is 162 g/mol. The van der Waals surface area contributed by atoms with Crippen LogP contribution in [0.15, 0.2) is 12.3 Å². The van der Waals surface area contributed by atoms with E-state index in [-0.39, 0.29) is 5.84 Å². The zero-order chi connectivity index (χ0) is 8.43. The van der Waals surface area contributed by atoms with Crippen molar-refractivity contribution in [2.75, 3.05) is 0 Å². The average Bonchev–Trinajstić information content (AvgIpc) is 1.94. The molecule has 1 heterocycles. The molecule has 0 aliphatic heterocycles. The Morgan fingerprint density at radius 1 is 1.73 bits per heavy atom. The van der Waals surface area contributed by atoms with E-state index in [0.29, 0.717) is 10.7 Å². The predicted octanol–water partition coefficient (Wildman–Crippen LogP) is 1.33. The van der Waals surface area contributed by atoms with Gasteiger partial charge in [0.25, 0.3) is 0 Å². The third-order valence-corrected chi connectivity index (χ3v) is 1.72. The first-order valence-electron chi connectivity index (χ1n) is 3.08. The van der Waals surface area contributed by atoms with Crippen molar-refractivity contribution in [3.05, 3.63) is 28.5 Å². The summed E-state index contributed by atoms with van der Waals surface area (Å²) in [6.45, 7) is 1.84. The second-order valence-electron chi connectivity index (χ2n) is 2.23. The standard InChI is InChI=1S/C7H8ClN3/c1-4-2-6(7(9)10)11-3-5(4)8/h2-3H,1H3,(H3,9,10). The highest BCUT2D eigenvalue weighted by atomic mass is 35.5. The third-order valence-electron chi connectivity index (χ3n) is 1.32. The fourth-order valence-electron chi connectivity index (χ4n) is 0.687. The van der Waals surface area contributed by atoms with E-state index < -0.39 is 0 Å². The second-order valence-corrected chi connectivity index (χ2v) is 2.64. The number of nitrogens with two attached hydrogens (primary N) is 1. The molecule has 0 radical (unpaired) electrons. The van der Waals surface area contributed by atoms with Crippen molar-refractivity contribution in [3.8, 4) is 0 Å². The van der Waals surface area contributed by atoms with Gasteiger partial charge in [0.2, 0.25) is 0 Å². The van der Waals surface area contributed by atoms with E-state index in [9.17, 15) is 0 Å². The van der Waals surface area contributed by atoms with E-state index in [0.717, 1.165) is 5.56 Å². The molecule has 0 aliphatic rings. The van der Waals surface area contributed by atoms with Crippen LogP contribution in [0.1, 0.15) is 11.3 Å². The highest BCUT2D eigenvalue weighted by Crippen LogP contribution is 2.13. The summed E-state index contributed by atoms with van der Waals surface area (Å²) in [4.78, 5) is 3.86. The van der Waals surface area contributed by atoms with Gasteiger partial charge in [-0.1, -0.05) is 11.6 Å². The molecule has 0 bridgehead atoms. The van der Waals surface area contributed by atoms with Gasteiger partial charge in [0.15, 0.2) is 0 Å². The topological polar surface area (TPSA) is 62.8 Å². The molecule has 0 aromatic carbocycles. The van der Waals surface area contributed by atoms with Gasteiger partial charge in [-0.3, -0.25) is 10.4 Å². The number of nitrogens with zero attached hydrogens (tertiary/aromatic N) is 1. The number of nitrogens with one attached hydrogen (secondary N) is 1. The van der Waals surface area contributed by atoms with Gasteiger partial charge in [-0.15, -0.1) is 0 Å². The molecular formula is C7H8ClN3. The van der Waals surface area contributed by atoms with Crippen LogP contribution in [0.4, 0.5) is 0 Å². The predicted molar refractivity (Wildman–Crippen MR) is 45.0 cm³/mol. The third kappa shape index (κ3) is 1.68. The fraction of sp³-hybridized carbons (Fsp3) is 0.143. The maximum atomic E-state index is 7.07. The number of halogens is 1. The Labute approximate surface area is 69.7 Å². The SMILES string of the molecule is Cc1cc(C(=N)N)ncc1Cl. The summed E-state index contributed by atoms with van der Waals surface area (Å²) >= 11 is 5.71. The maximum absolute atomic E-state index is 7.07. The molecule has 1 rings (SSSR count). The molecule has 0 saturated heterocycles. The highest BCUT2D eigenvalue weighted by molar-refractivity contribution is 6.31. The molecule has 1 aromatic rings. The van der Waals surface area contributed by atoms with Gasteiger partial charge in [0.05, 0.1) is 5.02 Å². The zero-order valence-corrected chi connectivity index (χ0v) is 6.81. The van der Waals surface area contributed by atoms with Gasteiger partial charge in [0, 0.05) is 6.20 Å². The van der Waals surface area contributed by atoms with E-state index in [1.165, 1.54) is 6.20 Å². The van der Waals surface area contributed by atoms with Crippen LogP contribution in [-0.4, -0.2) is 10.8 Å². The van der Waals surface area contributed by atoms with Crippen LogP contribution in [0.5, 0.6) is 0 Å². The summed E-state index contributed by atoms with van der Waals surface area (Å²) in [5.41, 5.74) is 6.56. The molecule has 0 fully saturated rings. The minimum absolute atomic E-state index is 0.0373. The van der Waals surface area contributed by atoms with Gasteiger partial charge >= 0.3 is 0 Å². The molecule has 0 amide bonds.